The van der Waals surface area contributed by atoms with E-state index in [1.54, 1.807) is 36.4 Å². The highest BCUT2D eigenvalue weighted by atomic mass is 19.1. The molecule has 3 rings (SSSR count). The van der Waals surface area contributed by atoms with Crippen LogP contribution in [0.3, 0.4) is 0 Å². The molecule has 23 heavy (non-hydrogen) atoms. The third-order valence-corrected chi connectivity index (χ3v) is 3.23. The van der Waals surface area contributed by atoms with Crippen molar-refractivity contribution in [1.29, 1.82) is 0 Å². The Morgan fingerprint density at radius 1 is 1.17 bits per heavy atom. The van der Waals surface area contributed by atoms with E-state index in [0.717, 1.165) is 0 Å². The van der Waals surface area contributed by atoms with Crippen LogP contribution in [-0.4, -0.2) is 18.0 Å². The van der Waals surface area contributed by atoms with E-state index in [2.05, 4.69) is 15.3 Å². The number of halogens is 1. The van der Waals surface area contributed by atoms with Gasteiger partial charge in [0.1, 0.15) is 5.82 Å². The Labute approximate surface area is 131 Å². The van der Waals surface area contributed by atoms with Gasteiger partial charge in [0.15, 0.2) is 5.76 Å². The first-order chi connectivity index (χ1) is 11.2. The van der Waals surface area contributed by atoms with Crippen molar-refractivity contribution in [3.8, 4) is 22.8 Å². The summed E-state index contributed by atoms with van der Waals surface area (Å²) in [5.41, 5.74) is 3.88. The van der Waals surface area contributed by atoms with Gasteiger partial charge in [-0.3, -0.25) is 9.63 Å². The fourth-order valence-electron chi connectivity index (χ4n) is 2.16. The van der Waals surface area contributed by atoms with Gasteiger partial charge in [0.25, 0.3) is 5.91 Å². The first-order valence-electron chi connectivity index (χ1n) is 6.83. The summed E-state index contributed by atoms with van der Waals surface area (Å²) in [7, 11) is 1.36. The number of nitrogens with one attached hydrogen (secondary N) is 1. The van der Waals surface area contributed by atoms with E-state index in [1.165, 1.54) is 25.4 Å². The highest BCUT2D eigenvalue weighted by Crippen LogP contribution is 2.28. The second-order valence-electron chi connectivity index (χ2n) is 4.72. The molecule has 0 fully saturated rings. The zero-order valence-corrected chi connectivity index (χ0v) is 12.2. The first kappa shape index (κ1) is 14.9. The van der Waals surface area contributed by atoms with Crippen LogP contribution in [0.2, 0.25) is 0 Å². The van der Waals surface area contributed by atoms with Crippen LogP contribution >= 0.6 is 0 Å². The minimum Gasteiger partial charge on any atom is -0.436 e. The van der Waals surface area contributed by atoms with Gasteiger partial charge in [0, 0.05) is 11.1 Å². The Morgan fingerprint density at radius 3 is 2.65 bits per heavy atom. The number of hydrogen-bond donors (Lipinski definition) is 1. The average molecular weight is 312 g/mol. The molecular formula is C17H13FN2O3. The van der Waals surface area contributed by atoms with Crippen molar-refractivity contribution < 1.29 is 18.4 Å². The molecule has 0 aliphatic carbocycles. The molecule has 0 atom stereocenters. The van der Waals surface area contributed by atoms with Gasteiger partial charge >= 0.3 is 0 Å². The first-order valence-corrected chi connectivity index (χ1v) is 6.83. The zero-order chi connectivity index (χ0) is 16.2. The summed E-state index contributed by atoms with van der Waals surface area (Å²) < 4.78 is 18.7. The largest absolute Gasteiger partial charge is 0.436 e. The molecule has 1 amide bonds. The standard InChI is InChI=1S/C17H13FN2O3/c1-22-20-16(21)13-4-2-3-5-14(13)17-19-10-15(23-17)11-6-8-12(18)9-7-11/h2-10H,1H3,(H,20,21). The van der Waals surface area contributed by atoms with E-state index >= 15 is 0 Å². The number of carbonyl (C=O) groups excluding carboxylic acids is 1. The molecule has 0 aliphatic heterocycles. The third kappa shape index (κ3) is 3.12. The van der Waals surface area contributed by atoms with E-state index in [4.69, 9.17) is 4.42 Å². The molecule has 0 unspecified atom stereocenters. The number of oxazole rings is 1. The number of carbonyl (C=O) groups is 1. The minimum absolute atomic E-state index is 0.297. The van der Waals surface area contributed by atoms with E-state index < -0.39 is 5.91 Å². The number of rotatable bonds is 4. The van der Waals surface area contributed by atoms with E-state index in [9.17, 15) is 9.18 Å². The van der Waals surface area contributed by atoms with Crippen LogP contribution in [0, 0.1) is 5.82 Å². The van der Waals surface area contributed by atoms with Crippen LogP contribution in [0.25, 0.3) is 22.8 Å². The molecule has 2 aromatic carbocycles. The molecule has 0 radical (unpaired) electrons. The Hall–Kier alpha value is -2.99. The van der Waals surface area contributed by atoms with Gasteiger partial charge in [0.05, 0.1) is 18.9 Å². The number of nitrogens with zero attached hydrogens (tertiary/aromatic N) is 1. The van der Waals surface area contributed by atoms with Crippen LogP contribution in [0.1, 0.15) is 10.4 Å². The predicted molar refractivity (Wildman–Crippen MR) is 81.8 cm³/mol. The second-order valence-corrected chi connectivity index (χ2v) is 4.72. The summed E-state index contributed by atoms with van der Waals surface area (Å²) in [5.74, 6) is 0.0628. The summed E-state index contributed by atoms with van der Waals surface area (Å²) in [5, 5.41) is 0. The van der Waals surface area contributed by atoms with Crippen LogP contribution in [0.15, 0.2) is 59.1 Å². The summed E-state index contributed by atoms with van der Waals surface area (Å²) in [6.07, 6.45) is 1.54. The molecule has 0 saturated heterocycles. The zero-order valence-electron chi connectivity index (χ0n) is 12.2. The summed E-state index contributed by atoms with van der Waals surface area (Å²) >= 11 is 0. The Bertz CT molecular complexity index is 828. The maximum atomic E-state index is 13.0. The summed E-state index contributed by atoms with van der Waals surface area (Å²) in [6, 6.07) is 12.8. The van der Waals surface area contributed by atoms with Crippen molar-refractivity contribution in [1.82, 2.24) is 10.5 Å². The van der Waals surface area contributed by atoms with Crippen LogP contribution in [-0.2, 0) is 4.84 Å². The van der Waals surface area contributed by atoms with Crippen molar-refractivity contribution in [3.63, 3.8) is 0 Å². The van der Waals surface area contributed by atoms with Gasteiger partial charge in [-0.15, -0.1) is 0 Å². The average Bonchev–Trinajstić information content (AvgIpc) is 3.05. The SMILES string of the molecule is CONC(=O)c1ccccc1-c1ncc(-c2ccc(F)cc2)o1. The molecule has 5 nitrogen and oxygen atoms in total. The number of hydrogen-bond acceptors (Lipinski definition) is 4. The van der Waals surface area contributed by atoms with Crippen molar-refractivity contribution in [2.45, 2.75) is 0 Å². The maximum absolute atomic E-state index is 13.0. The Balaban J connectivity index is 1.98. The van der Waals surface area contributed by atoms with Crippen molar-refractivity contribution >= 4 is 5.91 Å². The molecule has 0 aliphatic rings. The lowest BCUT2D eigenvalue weighted by atomic mass is 10.1. The molecule has 1 N–H and O–H groups in total. The number of aromatic nitrogens is 1. The topological polar surface area (TPSA) is 64.4 Å². The molecule has 0 bridgehead atoms. The van der Waals surface area contributed by atoms with Crippen molar-refractivity contribution in [2.24, 2.45) is 0 Å². The van der Waals surface area contributed by atoms with Crippen molar-refractivity contribution in [3.05, 3.63) is 66.1 Å². The number of amides is 1. The van der Waals surface area contributed by atoms with Crippen molar-refractivity contribution in [2.75, 3.05) is 7.11 Å². The van der Waals surface area contributed by atoms with Gasteiger partial charge in [-0.2, -0.15) is 0 Å². The van der Waals surface area contributed by atoms with Crippen LogP contribution in [0.4, 0.5) is 4.39 Å². The van der Waals surface area contributed by atoms with E-state index in [-0.39, 0.29) is 5.82 Å². The molecule has 1 heterocycles. The minimum atomic E-state index is -0.398. The Kier molecular flexibility index (Phi) is 4.16. The van der Waals surface area contributed by atoms with Gasteiger partial charge in [0.2, 0.25) is 5.89 Å². The number of hydroxylamine groups is 1. The molecule has 0 spiro atoms. The Morgan fingerprint density at radius 2 is 1.91 bits per heavy atom. The predicted octanol–water partition coefficient (Wildman–Crippen LogP) is 3.44. The van der Waals surface area contributed by atoms with E-state index in [0.29, 0.717) is 28.3 Å². The van der Waals surface area contributed by atoms with Crippen LogP contribution < -0.4 is 5.48 Å². The molecule has 116 valence electrons. The fourth-order valence-corrected chi connectivity index (χ4v) is 2.16. The quantitative estimate of drug-likeness (QED) is 0.750. The monoisotopic (exact) mass is 312 g/mol. The maximum Gasteiger partial charge on any atom is 0.275 e. The molecule has 0 saturated carbocycles. The van der Waals surface area contributed by atoms with Gasteiger partial charge in [-0.25, -0.2) is 14.9 Å². The summed E-state index contributed by atoms with van der Waals surface area (Å²) in [6.45, 7) is 0. The fraction of sp³-hybridized carbons (Fsp3) is 0.0588. The lowest BCUT2D eigenvalue weighted by Crippen LogP contribution is -2.22. The summed E-state index contributed by atoms with van der Waals surface area (Å²) in [4.78, 5) is 20.9. The van der Waals surface area contributed by atoms with Gasteiger partial charge < -0.3 is 4.42 Å². The smallest absolute Gasteiger partial charge is 0.275 e. The molecule has 1 aromatic heterocycles. The normalized spacial score (nSPS) is 10.5. The van der Waals surface area contributed by atoms with Gasteiger partial charge in [-0.05, 0) is 36.4 Å². The molecule has 3 aromatic rings. The molecule has 6 heteroatoms. The second kappa shape index (κ2) is 6.41. The highest BCUT2D eigenvalue weighted by molar-refractivity contribution is 5.99. The highest BCUT2D eigenvalue weighted by Gasteiger charge is 2.16. The van der Waals surface area contributed by atoms with Crippen LogP contribution in [0.5, 0.6) is 0 Å². The number of benzene rings is 2. The lowest BCUT2D eigenvalue weighted by Gasteiger charge is -2.06. The lowest BCUT2D eigenvalue weighted by molar-refractivity contribution is 0.0538. The van der Waals surface area contributed by atoms with E-state index in [1.807, 2.05) is 0 Å². The third-order valence-electron chi connectivity index (χ3n) is 3.23. The van der Waals surface area contributed by atoms with Gasteiger partial charge in [-0.1, -0.05) is 12.1 Å². The molecular weight excluding hydrogens is 299 g/mol.